The highest BCUT2D eigenvalue weighted by atomic mass is 127. The molecule has 0 amide bonds. The number of aryl methyl sites for hydroxylation is 1. The van der Waals surface area contributed by atoms with Crippen LogP contribution < -0.4 is 5.56 Å². The van der Waals surface area contributed by atoms with E-state index in [0.717, 1.165) is 0 Å². The molecule has 0 aliphatic heterocycles. The molecule has 16 heavy (non-hydrogen) atoms. The van der Waals surface area contributed by atoms with Crippen molar-refractivity contribution >= 4 is 34.2 Å². The molecule has 2 aromatic rings. The van der Waals surface area contributed by atoms with Crippen LogP contribution in [-0.4, -0.2) is 15.0 Å². The van der Waals surface area contributed by atoms with Crippen molar-refractivity contribution in [2.45, 2.75) is 6.92 Å². The second-order valence-electron chi connectivity index (χ2n) is 3.15. The minimum Gasteiger partial charge on any atom is -0.304 e. The van der Waals surface area contributed by atoms with Crippen LogP contribution in [0.2, 0.25) is 5.02 Å². The molecule has 0 aromatic carbocycles. The molecule has 0 atom stereocenters. The van der Waals surface area contributed by atoms with Gasteiger partial charge in [0.15, 0.2) is 5.82 Å². The number of hydrogen-bond donors (Lipinski definition) is 1. The van der Waals surface area contributed by atoms with Gasteiger partial charge in [0.05, 0.1) is 14.3 Å². The molecule has 0 saturated heterocycles. The van der Waals surface area contributed by atoms with E-state index in [0.29, 0.717) is 25.8 Å². The van der Waals surface area contributed by atoms with Gasteiger partial charge >= 0.3 is 0 Å². The summed E-state index contributed by atoms with van der Waals surface area (Å²) >= 11 is 7.93. The van der Waals surface area contributed by atoms with E-state index in [-0.39, 0.29) is 5.56 Å². The standard InChI is InChI=1S/C10H7ClIN3O/c1-5-7(12)10(16)15-9(14-5)8-6(11)3-2-4-13-8/h2-4H,1H3,(H,14,15,16). The molecular weight excluding hydrogens is 340 g/mol. The summed E-state index contributed by atoms with van der Waals surface area (Å²) in [7, 11) is 0. The third-order valence-corrected chi connectivity index (χ3v) is 3.59. The Morgan fingerprint density at radius 1 is 1.50 bits per heavy atom. The van der Waals surface area contributed by atoms with Crippen LogP contribution in [0, 0.1) is 10.5 Å². The minimum absolute atomic E-state index is 0.176. The number of aromatic nitrogens is 3. The van der Waals surface area contributed by atoms with Gasteiger partial charge in [0.2, 0.25) is 0 Å². The number of hydrogen-bond acceptors (Lipinski definition) is 3. The molecule has 0 aliphatic rings. The second-order valence-corrected chi connectivity index (χ2v) is 4.63. The van der Waals surface area contributed by atoms with Gasteiger partial charge in [-0.3, -0.25) is 9.78 Å². The topological polar surface area (TPSA) is 58.6 Å². The first kappa shape index (κ1) is 11.5. The third-order valence-electron chi connectivity index (χ3n) is 2.01. The summed E-state index contributed by atoms with van der Waals surface area (Å²) in [6.07, 6.45) is 1.61. The average Bonchev–Trinajstić information content (AvgIpc) is 2.26. The van der Waals surface area contributed by atoms with Crippen LogP contribution in [0.4, 0.5) is 0 Å². The smallest absolute Gasteiger partial charge is 0.264 e. The first-order chi connectivity index (χ1) is 7.59. The Morgan fingerprint density at radius 2 is 2.25 bits per heavy atom. The Balaban J connectivity index is 2.67. The SMILES string of the molecule is Cc1nc(-c2ncccc2Cl)[nH]c(=O)c1I. The van der Waals surface area contributed by atoms with Crippen molar-refractivity contribution < 1.29 is 0 Å². The molecule has 0 unspecified atom stereocenters. The van der Waals surface area contributed by atoms with E-state index in [9.17, 15) is 4.79 Å². The summed E-state index contributed by atoms with van der Waals surface area (Å²) in [6.45, 7) is 1.78. The Labute approximate surface area is 110 Å². The second kappa shape index (κ2) is 4.50. The zero-order chi connectivity index (χ0) is 11.7. The van der Waals surface area contributed by atoms with E-state index >= 15 is 0 Å². The number of halogens is 2. The number of pyridine rings is 1. The average molecular weight is 348 g/mol. The van der Waals surface area contributed by atoms with Gasteiger partial charge in [-0.1, -0.05) is 11.6 Å². The van der Waals surface area contributed by atoms with Gasteiger partial charge in [-0.15, -0.1) is 0 Å². The lowest BCUT2D eigenvalue weighted by Gasteiger charge is -2.03. The van der Waals surface area contributed by atoms with Crippen molar-refractivity contribution in [3.8, 4) is 11.5 Å². The lowest BCUT2D eigenvalue weighted by Crippen LogP contribution is -2.15. The molecule has 0 bridgehead atoms. The molecule has 2 rings (SSSR count). The predicted octanol–water partition coefficient (Wildman–Crippen LogP) is 2.40. The van der Waals surface area contributed by atoms with Crippen LogP contribution in [0.5, 0.6) is 0 Å². The van der Waals surface area contributed by atoms with Gasteiger partial charge < -0.3 is 4.98 Å². The van der Waals surface area contributed by atoms with Crippen LogP contribution >= 0.6 is 34.2 Å². The summed E-state index contributed by atoms with van der Waals surface area (Å²) in [5, 5.41) is 0.464. The summed E-state index contributed by atoms with van der Waals surface area (Å²) in [5.41, 5.74) is 0.978. The highest BCUT2D eigenvalue weighted by Gasteiger charge is 2.10. The number of aromatic amines is 1. The summed E-state index contributed by atoms with van der Waals surface area (Å²) in [6, 6.07) is 3.43. The van der Waals surface area contributed by atoms with Crippen LogP contribution in [0.3, 0.4) is 0 Å². The Hall–Kier alpha value is -0.950. The maximum atomic E-state index is 11.6. The van der Waals surface area contributed by atoms with Crippen LogP contribution in [0.25, 0.3) is 11.5 Å². The van der Waals surface area contributed by atoms with Crippen molar-refractivity contribution in [1.82, 2.24) is 15.0 Å². The lowest BCUT2D eigenvalue weighted by molar-refractivity contribution is 1.04. The third kappa shape index (κ3) is 2.10. The summed E-state index contributed by atoms with van der Waals surface area (Å²) in [4.78, 5) is 22.6. The molecule has 82 valence electrons. The fourth-order valence-electron chi connectivity index (χ4n) is 1.24. The molecule has 0 saturated carbocycles. The Kier molecular flexibility index (Phi) is 3.25. The van der Waals surface area contributed by atoms with E-state index in [1.807, 2.05) is 22.6 Å². The molecule has 0 fully saturated rings. The predicted molar refractivity (Wildman–Crippen MR) is 70.6 cm³/mol. The molecule has 0 radical (unpaired) electrons. The van der Waals surface area contributed by atoms with E-state index in [4.69, 9.17) is 11.6 Å². The number of nitrogens with one attached hydrogen (secondary N) is 1. The molecule has 2 aromatic heterocycles. The highest BCUT2D eigenvalue weighted by Crippen LogP contribution is 2.21. The zero-order valence-electron chi connectivity index (χ0n) is 8.29. The largest absolute Gasteiger partial charge is 0.304 e. The fraction of sp³-hybridized carbons (Fsp3) is 0.100. The molecule has 6 heteroatoms. The molecule has 1 N–H and O–H groups in total. The van der Waals surface area contributed by atoms with Crippen molar-refractivity contribution in [1.29, 1.82) is 0 Å². The number of nitrogens with zero attached hydrogens (tertiary/aromatic N) is 2. The number of rotatable bonds is 1. The van der Waals surface area contributed by atoms with Gasteiger partial charge in [0.25, 0.3) is 5.56 Å². The van der Waals surface area contributed by atoms with Crippen LogP contribution in [0.15, 0.2) is 23.1 Å². The zero-order valence-corrected chi connectivity index (χ0v) is 11.2. The first-order valence-electron chi connectivity index (χ1n) is 4.47. The van der Waals surface area contributed by atoms with Crippen molar-refractivity contribution in [2.75, 3.05) is 0 Å². The normalized spacial score (nSPS) is 10.4. The van der Waals surface area contributed by atoms with E-state index in [1.54, 1.807) is 25.3 Å². The molecule has 0 aliphatic carbocycles. The number of H-pyrrole nitrogens is 1. The van der Waals surface area contributed by atoms with E-state index in [1.165, 1.54) is 0 Å². The summed E-state index contributed by atoms with van der Waals surface area (Å²) < 4.78 is 0.577. The lowest BCUT2D eigenvalue weighted by atomic mass is 10.3. The van der Waals surface area contributed by atoms with Crippen molar-refractivity contribution in [2.24, 2.45) is 0 Å². The minimum atomic E-state index is -0.176. The van der Waals surface area contributed by atoms with Crippen molar-refractivity contribution in [3.05, 3.63) is 43.0 Å². The molecular formula is C10H7ClIN3O. The van der Waals surface area contributed by atoms with E-state index < -0.39 is 0 Å². The van der Waals surface area contributed by atoms with Gasteiger partial charge in [-0.25, -0.2) is 4.98 Å². The van der Waals surface area contributed by atoms with Gasteiger partial charge in [-0.2, -0.15) is 0 Å². The van der Waals surface area contributed by atoms with Crippen LogP contribution in [-0.2, 0) is 0 Å². The van der Waals surface area contributed by atoms with E-state index in [2.05, 4.69) is 15.0 Å². The Morgan fingerprint density at radius 3 is 2.88 bits per heavy atom. The maximum absolute atomic E-state index is 11.6. The highest BCUT2D eigenvalue weighted by molar-refractivity contribution is 14.1. The molecule has 0 spiro atoms. The fourth-order valence-corrected chi connectivity index (χ4v) is 1.71. The summed E-state index contributed by atoms with van der Waals surface area (Å²) in [5.74, 6) is 0.397. The molecule has 2 heterocycles. The van der Waals surface area contributed by atoms with Crippen molar-refractivity contribution in [3.63, 3.8) is 0 Å². The first-order valence-corrected chi connectivity index (χ1v) is 5.92. The van der Waals surface area contributed by atoms with Crippen LogP contribution in [0.1, 0.15) is 5.69 Å². The van der Waals surface area contributed by atoms with Gasteiger partial charge in [0.1, 0.15) is 5.69 Å². The quantitative estimate of drug-likeness (QED) is 0.806. The Bertz CT molecular complexity index is 597. The monoisotopic (exact) mass is 347 g/mol. The van der Waals surface area contributed by atoms with Gasteiger partial charge in [0, 0.05) is 6.20 Å². The molecule has 4 nitrogen and oxygen atoms in total. The van der Waals surface area contributed by atoms with Gasteiger partial charge in [-0.05, 0) is 41.6 Å². The maximum Gasteiger partial charge on any atom is 0.264 e.